The highest BCUT2D eigenvalue weighted by Gasteiger charge is 2.24. The molecule has 1 fully saturated rings. The summed E-state index contributed by atoms with van der Waals surface area (Å²) in [5.41, 5.74) is 2.50. The van der Waals surface area contributed by atoms with E-state index in [1.807, 2.05) is 35.2 Å². The number of hydrogen-bond donors (Lipinski definition) is 1. The molecule has 132 valence electrons. The van der Waals surface area contributed by atoms with Gasteiger partial charge in [-0.05, 0) is 16.3 Å². The van der Waals surface area contributed by atoms with Crippen LogP contribution in [0, 0.1) is 0 Å². The van der Waals surface area contributed by atoms with Gasteiger partial charge in [0.05, 0.1) is 32.6 Å². The summed E-state index contributed by atoms with van der Waals surface area (Å²) in [5, 5.41) is 2.66. The predicted molar refractivity (Wildman–Crippen MR) is 105 cm³/mol. The largest absolute Gasteiger partial charge is 0.331 e. The maximum atomic E-state index is 12.5. The molecule has 0 bridgehead atoms. The second kappa shape index (κ2) is 7.71. The van der Waals surface area contributed by atoms with Gasteiger partial charge in [0.2, 0.25) is 5.91 Å². The summed E-state index contributed by atoms with van der Waals surface area (Å²) in [4.78, 5) is 16.1. The minimum atomic E-state index is 0.250. The molecule has 1 N–H and O–H groups in total. The van der Waals surface area contributed by atoms with Gasteiger partial charge in [-0.1, -0.05) is 72.8 Å². The van der Waals surface area contributed by atoms with Crippen LogP contribution in [0.15, 0.2) is 72.8 Å². The maximum Gasteiger partial charge on any atom is 0.227 e. The molecule has 1 aliphatic heterocycles. The fourth-order valence-corrected chi connectivity index (χ4v) is 3.85. The van der Waals surface area contributed by atoms with E-state index in [-0.39, 0.29) is 5.91 Å². The third kappa shape index (κ3) is 3.78. The Morgan fingerprint density at radius 1 is 0.846 bits per heavy atom. The Bertz CT molecular complexity index is 878. The molecule has 0 unspecified atom stereocenters. The van der Waals surface area contributed by atoms with Crippen LogP contribution in [0.25, 0.3) is 10.8 Å². The SMILES string of the molecule is O=C(Cc1ccccc1)N1CC[NH+](Cc2cccc3ccccc23)CC1. The summed E-state index contributed by atoms with van der Waals surface area (Å²) in [6, 6.07) is 25.2. The Morgan fingerprint density at radius 3 is 2.35 bits per heavy atom. The number of fused-ring (bicyclic) bond motifs is 1. The Morgan fingerprint density at radius 2 is 1.54 bits per heavy atom. The van der Waals surface area contributed by atoms with Gasteiger partial charge in [-0.2, -0.15) is 0 Å². The van der Waals surface area contributed by atoms with Crippen molar-refractivity contribution in [1.29, 1.82) is 0 Å². The molecule has 0 atom stereocenters. The summed E-state index contributed by atoms with van der Waals surface area (Å²) in [6.45, 7) is 4.77. The first-order valence-electron chi connectivity index (χ1n) is 9.41. The molecular weight excluding hydrogens is 320 g/mol. The highest BCUT2D eigenvalue weighted by molar-refractivity contribution is 5.85. The Kier molecular flexibility index (Phi) is 4.98. The number of nitrogens with one attached hydrogen (secondary N) is 1. The number of rotatable bonds is 4. The Balaban J connectivity index is 1.35. The zero-order valence-corrected chi connectivity index (χ0v) is 15.0. The number of amides is 1. The summed E-state index contributed by atoms with van der Waals surface area (Å²) >= 11 is 0. The number of piperazine rings is 1. The van der Waals surface area contributed by atoms with Crippen LogP contribution in [0.2, 0.25) is 0 Å². The van der Waals surface area contributed by atoms with E-state index < -0.39 is 0 Å². The molecule has 3 heteroatoms. The molecule has 3 nitrogen and oxygen atoms in total. The topological polar surface area (TPSA) is 24.8 Å². The molecule has 26 heavy (non-hydrogen) atoms. The van der Waals surface area contributed by atoms with Gasteiger partial charge in [0.1, 0.15) is 6.54 Å². The van der Waals surface area contributed by atoms with Crippen molar-refractivity contribution in [2.75, 3.05) is 26.2 Å². The van der Waals surface area contributed by atoms with Crippen LogP contribution < -0.4 is 4.90 Å². The van der Waals surface area contributed by atoms with Gasteiger partial charge in [0.25, 0.3) is 0 Å². The minimum absolute atomic E-state index is 0.250. The van der Waals surface area contributed by atoms with E-state index in [1.54, 1.807) is 4.90 Å². The second-order valence-electron chi connectivity index (χ2n) is 7.11. The number of carbonyl (C=O) groups excluding carboxylic acids is 1. The van der Waals surface area contributed by atoms with Gasteiger partial charge < -0.3 is 9.80 Å². The lowest BCUT2D eigenvalue weighted by Crippen LogP contribution is -3.13. The third-order valence-electron chi connectivity index (χ3n) is 5.34. The van der Waals surface area contributed by atoms with Gasteiger partial charge in [-0.3, -0.25) is 4.79 Å². The highest BCUT2D eigenvalue weighted by atomic mass is 16.2. The molecule has 0 radical (unpaired) electrons. The number of carbonyl (C=O) groups is 1. The number of quaternary nitrogens is 1. The van der Waals surface area contributed by atoms with Crippen LogP contribution in [0.4, 0.5) is 0 Å². The first-order chi connectivity index (χ1) is 12.8. The molecule has 1 aliphatic rings. The summed E-state index contributed by atoms with van der Waals surface area (Å²) in [6.07, 6.45) is 0.513. The Labute approximate surface area is 154 Å². The van der Waals surface area contributed by atoms with Gasteiger partial charge in [0, 0.05) is 5.56 Å². The molecule has 0 spiro atoms. The van der Waals surface area contributed by atoms with E-state index in [0.717, 1.165) is 38.3 Å². The van der Waals surface area contributed by atoms with Crippen LogP contribution in [-0.4, -0.2) is 37.0 Å². The molecule has 1 amide bonds. The van der Waals surface area contributed by atoms with Crippen LogP contribution in [0.3, 0.4) is 0 Å². The molecule has 0 saturated carbocycles. The van der Waals surface area contributed by atoms with Crippen LogP contribution >= 0.6 is 0 Å². The molecule has 0 aromatic heterocycles. The fourth-order valence-electron chi connectivity index (χ4n) is 3.85. The standard InChI is InChI=1S/C23H24N2O/c26-23(17-19-7-2-1-3-8-19)25-15-13-24(14-16-25)18-21-11-6-10-20-9-4-5-12-22(20)21/h1-12H,13-18H2/p+1. The van der Waals surface area contributed by atoms with Crippen molar-refractivity contribution >= 4 is 16.7 Å². The molecule has 4 rings (SSSR count). The van der Waals surface area contributed by atoms with Crippen molar-refractivity contribution in [3.8, 4) is 0 Å². The normalized spacial score (nSPS) is 15.3. The van der Waals surface area contributed by atoms with Gasteiger partial charge in [0.15, 0.2) is 0 Å². The summed E-state index contributed by atoms with van der Waals surface area (Å²) in [7, 11) is 0. The van der Waals surface area contributed by atoms with E-state index in [1.165, 1.54) is 16.3 Å². The highest BCUT2D eigenvalue weighted by Crippen LogP contribution is 2.17. The monoisotopic (exact) mass is 345 g/mol. The molecule has 3 aromatic carbocycles. The second-order valence-corrected chi connectivity index (χ2v) is 7.11. The first-order valence-corrected chi connectivity index (χ1v) is 9.41. The predicted octanol–water partition coefficient (Wildman–Crippen LogP) is 2.31. The van der Waals surface area contributed by atoms with Crippen LogP contribution in [0.5, 0.6) is 0 Å². The zero-order valence-electron chi connectivity index (χ0n) is 15.0. The average molecular weight is 345 g/mol. The molecule has 3 aromatic rings. The maximum absolute atomic E-state index is 12.5. The third-order valence-corrected chi connectivity index (χ3v) is 5.34. The number of benzene rings is 3. The Hall–Kier alpha value is -2.65. The smallest absolute Gasteiger partial charge is 0.227 e. The van der Waals surface area contributed by atoms with E-state index in [4.69, 9.17) is 0 Å². The number of hydrogen-bond acceptors (Lipinski definition) is 1. The van der Waals surface area contributed by atoms with E-state index >= 15 is 0 Å². The lowest BCUT2D eigenvalue weighted by Gasteiger charge is -2.32. The van der Waals surface area contributed by atoms with Gasteiger partial charge >= 0.3 is 0 Å². The van der Waals surface area contributed by atoms with Crippen molar-refractivity contribution in [2.45, 2.75) is 13.0 Å². The lowest BCUT2D eigenvalue weighted by molar-refractivity contribution is -0.917. The average Bonchev–Trinajstić information content (AvgIpc) is 2.70. The van der Waals surface area contributed by atoms with Crippen molar-refractivity contribution in [3.05, 3.63) is 83.9 Å². The van der Waals surface area contributed by atoms with Crippen molar-refractivity contribution in [1.82, 2.24) is 4.90 Å². The van der Waals surface area contributed by atoms with E-state index in [9.17, 15) is 4.79 Å². The van der Waals surface area contributed by atoms with Gasteiger partial charge in [-0.25, -0.2) is 0 Å². The summed E-state index contributed by atoms with van der Waals surface area (Å²) in [5.74, 6) is 0.250. The first kappa shape index (κ1) is 16.8. The quantitative estimate of drug-likeness (QED) is 0.771. The van der Waals surface area contributed by atoms with Crippen molar-refractivity contribution in [3.63, 3.8) is 0 Å². The lowest BCUT2D eigenvalue weighted by atomic mass is 10.0. The molecular formula is C23H25N2O+. The zero-order chi connectivity index (χ0) is 17.8. The molecule has 1 heterocycles. The van der Waals surface area contributed by atoms with Crippen molar-refractivity contribution < 1.29 is 9.69 Å². The molecule has 1 saturated heterocycles. The van der Waals surface area contributed by atoms with Crippen LogP contribution in [0.1, 0.15) is 11.1 Å². The van der Waals surface area contributed by atoms with Crippen molar-refractivity contribution in [2.24, 2.45) is 0 Å². The summed E-state index contributed by atoms with van der Waals surface area (Å²) < 4.78 is 0. The minimum Gasteiger partial charge on any atom is -0.331 e. The fraction of sp³-hybridized carbons (Fsp3) is 0.261. The van der Waals surface area contributed by atoms with E-state index in [2.05, 4.69) is 42.5 Å². The van der Waals surface area contributed by atoms with E-state index in [0.29, 0.717) is 6.42 Å². The van der Waals surface area contributed by atoms with Gasteiger partial charge in [-0.15, -0.1) is 0 Å². The van der Waals surface area contributed by atoms with Crippen LogP contribution in [-0.2, 0) is 17.8 Å². The molecule has 0 aliphatic carbocycles. The number of nitrogens with zero attached hydrogens (tertiary/aromatic N) is 1.